The van der Waals surface area contributed by atoms with E-state index >= 15 is 0 Å². The molecule has 1 rings (SSSR count). The molecule has 3 N–H and O–H groups in total. The molecule has 0 aliphatic carbocycles. The molecular formula is C16H23NO4. The molecule has 0 aromatic heterocycles. The van der Waals surface area contributed by atoms with Crippen LogP contribution in [0.15, 0.2) is 36.9 Å². The first kappa shape index (κ1) is 17.2. The fraction of sp³-hybridized carbons (Fsp3) is 0.438. The van der Waals surface area contributed by atoms with Gasteiger partial charge in [0.1, 0.15) is 11.1 Å². The lowest BCUT2D eigenvalue weighted by atomic mass is 9.87. The second-order valence-corrected chi connectivity index (χ2v) is 5.87. The van der Waals surface area contributed by atoms with Gasteiger partial charge in [-0.05, 0) is 31.9 Å². The van der Waals surface area contributed by atoms with Gasteiger partial charge in [0, 0.05) is 0 Å². The first-order valence-electron chi connectivity index (χ1n) is 6.72. The number of carbonyl (C=O) groups excluding carboxylic acids is 1. The zero-order valence-electron chi connectivity index (χ0n) is 12.7. The summed E-state index contributed by atoms with van der Waals surface area (Å²) in [5.74, 6) is 0. The van der Waals surface area contributed by atoms with Crippen LogP contribution in [-0.2, 0) is 4.74 Å². The standard InChI is InChI=1S/C16H23NO4/c1-12(13-8-6-5-7-9-13)16(10-18,11-19)17-14(20)21-15(2,3)4/h5-9,18-19H,1,10-11H2,2-4H3,(H,17,20). The number of aliphatic hydroxyl groups excluding tert-OH is 2. The summed E-state index contributed by atoms with van der Waals surface area (Å²) in [7, 11) is 0. The molecule has 0 bridgehead atoms. The van der Waals surface area contributed by atoms with E-state index in [4.69, 9.17) is 4.74 Å². The molecule has 0 spiro atoms. The van der Waals surface area contributed by atoms with Gasteiger partial charge in [-0.3, -0.25) is 0 Å². The Bertz CT molecular complexity index is 487. The Kier molecular flexibility index (Phi) is 5.52. The third-order valence-electron chi connectivity index (χ3n) is 2.98. The first-order chi connectivity index (χ1) is 9.74. The van der Waals surface area contributed by atoms with Crippen LogP contribution in [0.2, 0.25) is 0 Å². The lowest BCUT2D eigenvalue weighted by Crippen LogP contribution is -2.55. The number of rotatable bonds is 5. The number of nitrogens with one attached hydrogen (secondary N) is 1. The average Bonchev–Trinajstić information content (AvgIpc) is 2.43. The van der Waals surface area contributed by atoms with E-state index in [9.17, 15) is 15.0 Å². The molecule has 0 heterocycles. The van der Waals surface area contributed by atoms with Gasteiger partial charge in [0.2, 0.25) is 0 Å². The molecule has 0 aliphatic heterocycles. The van der Waals surface area contributed by atoms with E-state index in [0.717, 1.165) is 5.56 Å². The van der Waals surface area contributed by atoms with Crippen molar-refractivity contribution < 1.29 is 19.7 Å². The van der Waals surface area contributed by atoms with Crippen molar-refractivity contribution >= 4 is 11.7 Å². The third-order valence-corrected chi connectivity index (χ3v) is 2.98. The molecule has 0 atom stereocenters. The number of benzene rings is 1. The minimum Gasteiger partial charge on any atom is -0.444 e. The number of hydrogen-bond acceptors (Lipinski definition) is 4. The minimum absolute atomic E-state index is 0.416. The molecule has 21 heavy (non-hydrogen) atoms. The maximum Gasteiger partial charge on any atom is 0.408 e. The Hall–Kier alpha value is -1.85. The molecule has 1 aromatic rings. The number of carbonyl (C=O) groups is 1. The second kappa shape index (κ2) is 6.74. The third kappa shape index (κ3) is 4.58. The van der Waals surface area contributed by atoms with Crippen molar-refractivity contribution in [2.75, 3.05) is 13.2 Å². The van der Waals surface area contributed by atoms with Gasteiger partial charge in [-0.1, -0.05) is 36.9 Å². The molecule has 0 saturated carbocycles. The predicted octanol–water partition coefficient (Wildman–Crippen LogP) is 1.95. The summed E-state index contributed by atoms with van der Waals surface area (Å²) < 4.78 is 5.17. The van der Waals surface area contributed by atoms with Gasteiger partial charge < -0.3 is 20.3 Å². The molecule has 0 unspecified atom stereocenters. The maximum absolute atomic E-state index is 11.9. The Morgan fingerprint density at radius 1 is 1.19 bits per heavy atom. The number of amides is 1. The van der Waals surface area contributed by atoms with Gasteiger partial charge in [-0.2, -0.15) is 0 Å². The van der Waals surface area contributed by atoms with Gasteiger partial charge in [-0.15, -0.1) is 0 Å². The Morgan fingerprint density at radius 2 is 1.71 bits per heavy atom. The van der Waals surface area contributed by atoms with E-state index in [2.05, 4.69) is 11.9 Å². The quantitative estimate of drug-likeness (QED) is 0.775. The smallest absolute Gasteiger partial charge is 0.408 e. The lowest BCUT2D eigenvalue weighted by Gasteiger charge is -2.34. The summed E-state index contributed by atoms with van der Waals surface area (Å²) in [6.07, 6.45) is -0.720. The Balaban J connectivity index is 2.98. The van der Waals surface area contributed by atoms with E-state index in [-0.39, 0.29) is 0 Å². The van der Waals surface area contributed by atoms with Crippen molar-refractivity contribution in [3.05, 3.63) is 42.5 Å². The van der Waals surface area contributed by atoms with Crippen molar-refractivity contribution in [2.45, 2.75) is 31.9 Å². The molecule has 0 fully saturated rings. The summed E-state index contributed by atoms with van der Waals surface area (Å²) in [5, 5.41) is 21.9. The summed E-state index contributed by atoms with van der Waals surface area (Å²) in [4.78, 5) is 11.9. The topological polar surface area (TPSA) is 78.8 Å². The van der Waals surface area contributed by atoms with Crippen molar-refractivity contribution in [3.8, 4) is 0 Å². The zero-order valence-corrected chi connectivity index (χ0v) is 12.7. The Morgan fingerprint density at radius 3 is 2.14 bits per heavy atom. The van der Waals surface area contributed by atoms with E-state index < -0.39 is 30.4 Å². The van der Waals surface area contributed by atoms with Crippen LogP contribution in [0.5, 0.6) is 0 Å². The normalized spacial score (nSPS) is 11.9. The van der Waals surface area contributed by atoms with Gasteiger partial charge in [0.25, 0.3) is 0 Å². The van der Waals surface area contributed by atoms with E-state index in [1.54, 1.807) is 32.9 Å². The summed E-state index contributed by atoms with van der Waals surface area (Å²) in [6.45, 7) is 8.12. The van der Waals surface area contributed by atoms with Crippen LogP contribution in [0.3, 0.4) is 0 Å². The highest BCUT2D eigenvalue weighted by Crippen LogP contribution is 2.25. The van der Waals surface area contributed by atoms with Crippen LogP contribution in [0.1, 0.15) is 26.3 Å². The van der Waals surface area contributed by atoms with E-state index in [0.29, 0.717) is 5.57 Å². The molecule has 0 saturated heterocycles. The van der Waals surface area contributed by atoms with Crippen LogP contribution in [-0.4, -0.2) is 40.7 Å². The van der Waals surface area contributed by atoms with Gasteiger partial charge in [0.15, 0.2) is 0 Å². The molecule has 1 amide bonds. The maximum atomic E-state index is 11.9. The highest BCUT2D eigenvalue weighted by atomic mass is 16.6. The average molecular weight is 293 g/mol. The SMILES string of the molecule is C=C(c1ccccc1)C(CO)(CO)NC(=O)OC(C)(C)C. The highest BCUT2D eigenvalue weighted by Gasteiger charge is 2.36. The number of hydrogen-bond donors (Lipinski definition) is 3. The molecule has 0 radical (unpaired) electrons. The van der Waals surface area contributed by atoms with Crippen LogP contribution in [0.4, 0.5) is 4.79 Å². The van der Waals surface area contributed by atoms with Crippen molar-refractivity contribution in [1.82, 2.24) is 5.32 Å². The number of aliphatic hydroxyl groups is 2. The minimum atomic E-state index is -1.37. The second-order valence-electron chi connectivity index (χ2n) is 5.87. The highest BCUT2D eigenvalue weighted by molar-refractivity contribution is 5.78. The summed E-state index contributed by atoms with van der Waals surface area (Å²) >= 11 is 0. The number of alkyl carbamates (subject to hydrolysis) is 1. The summed E-state index contributed by atoms with van der Waals surface area (Å²) in [5.41, 5.74) is -0.908. The molecule has 5 heteroatoms. The van der Waals surface area contributed by atoms with Crippen LogP contribution in [0, 0.1) is 0 Å². The molecule has 5 nitrogen and oxygen atoms in total. The van der Waals surface area contributed by atoms with Crippen LogP contribution in [0.25, 0.3) is 5.57 Å². The Labute approximate surface area is 125 Å². The van der Waals surface area contributed by atoms with Crippen molar-refractivity contribution in [2.24, 2.45) is 0 Å². The molecule has 0 aliphatic rings. The fourth-order valence-corrected chi connectivity index (χ4v) is 1.81. The van der Waals surface area contributed by atoms with Crippen molar-refractivity contribution in [3.63, 3.8) is 0 Å². The zero-order chi connectivity index (χ0) is 16.1. The monoisotopic (exact) mass is 293 g/mol. The number of ether oxygens (including phenoxy) is 1. The van der Waals surface area contributed by atoms with E-state index in [1.807, 2.05) is 18.2 Å². The largest absolute Gasteiger partial charge is 0.444 e. The van der Waals surface area contributed by atoms with Crippen LogP contribution >= 0.6 is 0 Å². The fourth-order valence-electron chi connectivity index (χ4n) is 1.81. The molecule has 116 valence electrons. The van der Waals surface area contributed by atoms with Gasteiger partial charge >= 0.3 is 6.09 Å². The van der Waals surface area contributed by atoms with Crippen molar-refractivity contribution in [1.29, 1.82) is 0 Å². The molecule has 1 aromatic carbocycles. The lowest BCUT2D eigenvalue weighted by molar-refractivity contribution is 0.0388. The molecular weight excluding hydrogens is 270 g/mol. The summed E-state index contributed by atoms with van der Waals surface area (Å²) in [6, 6.07) is 9.05. The van der Waals surface area contributed by atoms with Gasteiger partial charge in [0.05, 0.1) is 13.2 Å². The predicted molar refractivity (Wildman–Crippen MR) is 81.7 cm³/mol. The van der Waals surface area contributed by atoms with Crippen LogP contribution < -0.4 is 5.32 Å². The first-order valence-corrected chi connectivity index (χ1v) is 6.72. The van der Waals surface area contributed by atoms with E-state index in [1.165, 1.54) is 0 Å². The van der Waals surface area contributed by atoms with Gasteiger partial charge in [-0.25, -0.2) is 4.79 Å².